The van der Waals surface area contributed by atoms with Gasteiger partial charge in [-0.15, -0.1) is 0 Å². The SMILES string of the molecule is Cc1ccc(C(=O)Nc2cc(C(F)(F)F)ccc2N2CC[C@@H](N(C)C)C2)cc1-c1cnc(N)nc1. The van der Waals surface area contributed by atoms with Crippen molar-refractivity contribution < 1.29 is 18.0 Å². The number of hydrogen-bond acceptors (Lipinski definition) is 6. The first-order valence-corrected chi connectivity index (χ1v) is 11.2. The van der Waals surface area contributed by atoms with Gasteiger partial charge in [0.05, 0.1) is 16.9 Å². The molecule has 0 unspecified atom stereocenters. The quantitative estimate of drug-likeness (QED) is 0.557. The van der Waals surface area contributed by atoms with Crippen molar-refractivity contribution in [3.8, 4) is 11.1 Å². The monoisotopic (exact) mass is 484 g/mol. The molecule has 0 aliphatic carbocycles. The number of likely N-dealkylation sites (N-methyl/N-ethyl adjacent to an activating group) is 1. The van der Waals surface area contributed by atoms with E-state index in [1.54, 1.807) is 30.6 Å². The molecule has 1 aliphatic heterocycles. The van der Waals surface area contributed by atoms with Crippen LogP contribution in [0.25, 0.3) is 11.1 Å². The van der Waals surface area contributed by atoms with Crippen molar-refractivity contribution >= 4 is 23.2 Å². The summed E-state index contributed by atoms with van der Waals surface area (Å²) in [6.07, 6.45) is -0.522. The van der Waals surface area contributed by atoms with Gasteiger partial charge in [0, 0.05) is 42.7 Å². The Kier molecular flexibility index (Phi) is 6.66. The molecule has 1 saturated heterocycles. The fraction of sp³-hybridized carbons (Fsp3) is 0.320. The first-order chi connectivity index (χ1) is 16.5. The van der Waals surface area contributed by atoms with Gasteiger partial charge < -0.3 is 20.9 Å². The van der Waals surface area contributed by atoms with Crippen LogP contribution >= 0.6 is 0 Å². The second kappa shape index (κ2) is 9.53. The zero-order valence-electron chi connectivity index (χ0n) is 19.7. The Morgan fingerprint density at radius 3 is 2.49 bits per heavy atom. The van der Waals surface area contributed by atoms with Gasteiger partial charge in [0.15, 0.2) is 0 Å². The summed E-state index contributed by atoms with van der Waals surface area (Å²) in [6.45, 7) is 3.22. The van der Waals surface area contributed by atoms with Crippen LogP contribution in [-0.2, 0) is 6.18 Å². The summed E-state index contributed by atoms with van der Waals surface area (Å²) in [5, 5.41) is 2.72. The highest BCUT2D eigenvalue weighted by molar-refractivity contribution is 6.06. The number of halogens is 3. The van der Waals surface area contributed by atoms with Gasteiger partial charge >= 0.3 is 6.18 Å². The molecule has 0 bridgehead atoms. The topological polar surface area (TPSA) is 87.4 Å². The van der Waals surface area contributed by atoms with Crippen molar-refractivity contribution in [1.82, 2.24) is 14.9 Å². The summed E-state index contributed by atoms with van der Waals surface area (Å²) in [5.74, 6) is -0.373. The number of aryl methyl sites for hydroxylation is 1. The number of amides is 1. The number of anilines is 3. The lowest BCUT2D eigenvalue weighted by Crippen LogP contribution is -2.31. The molecule has 3 aromatic rings. The lowest BCUT2D eigenvalue weighted by molar-refractivity contribution is -0.137. The third-order valence-electron chi connectivity index (χ3n) is 6.29. The number of alkyl halides is 3. The molecule has 1 aromatic heterocycles. The Labute approximate surface area is 201 Å². The summed E-state index contributed by atoms with van der Waals surface area (Å²) in [7, 11) is 3.95. The molecule has 0 spiro atoms. The van der Waals surface area contributed by atoms with Crippen LogP contribution in [0.5, 0.6) is 0 Å². The molecular weight excluding hydrogens is 457 g/mol. The summed E-state index contributed by atoms with van der Waals surface area (Å²) < 4.78 is 40.4. The van der Waals surface area contributed by atoms with Crippen molar-refractivity contribution in [3.63, 3.8) is 0 Å². The molecule has 4 rings (SSSR count). The lowest BCUT2D eigenvalue weighted by atomic mass is 10.00. The number of aromatic nitrogens is 2. The summed E-state index contributed by atoms with van der Waals surface area (Å²) in [5.41, 5.74) is 8.05. The molecule has 3 N–H and O–H groups in total. The van der Waals surface area contributed by atoms with E-state index in [-0.39, 0.29) is 17.7 Å². The second-order valence-corrected chi connectivity index (χ2v) is 8.90. The number of carbonyl (C=O) groups excluding carboxylic acids is 1. The van der Waals surface area contributed by atoms with E-state index in [0.29, 0.717) is 29.9 Å². The van der Waals surface area contributed by atoms with Crippen molar-refractivity contribution in [3.05, 3.63) is 65.5 Å². The average Bonchev–Trinajstić information content (AvgIpc) is 3.30. The van der Waals surface area contributed by atoms with Gasteiger partial charge in [-0.05, 0) is 68.9 Å². The maximum atomic E-state index is 13.5. The van der Waals surface area contributed by atoms with E-state index >= 15 is 0 Å². The van der Waals surface area contributed by atoms with Gasteiger partial charge in [0.2, 0.25) is 5.95 Å². The molecule has 7 nitrogen and oxygen atoms in total. The Hall–Kier alpha value is -3.66. The smallest absolute Gasteiger partial charge is 0.368 e. The minimum Gasteiger partial charge on any atom is -0.368 e. The highest BCUT2D eigenvalue weighted by Gasteiger charge is 2.33. The molecule has 10 heteroatoms. The first kappa shape index (κ1) is 24.5. The number of nitrogens with zero attached hydrogens (tertiary/aromatic N) is 4. The summed E-state index contributed by atoms with van der Waals surface area (Å²) in [4.78, 5) is 25.3. The van der Waals surface area contributed by atoms with Crippen LogP contribution in [0.2, 0.25) is 0 Å². The second-order valence-electron chi connectivity index (χ2n) is 8.90. The fourth-order valence-electron chi connectivity index (χ4n) is 4.22. The Balaban J connectivity index is 1.66. The molecule has 1 atom stereocenters. The largest absolute Gasteiger partial charge is 0.416 e. The van der Waals surface area contributed by atoms with Crippen molar-refractivity contribution in [2.75, 3.05) is 43.1 Å². The van der Waals surface area contributed by atoms with Crippen LogP contribution in [0.4, 0.5) is 30.5 Å². The zero-order valence-corrected chi connectivity index (χ0v) is 19.7. The van der Waals surface area contributed by atoms with Gasteiger partial charge in [-0.25, -0.2) is 9.97 Å². The minimum atomic E-state index is -4.53. The van der Waals surface area contributed by atoms with Crippen LogP contribution in [-0.4, -0.2) is 54.0 Å². The van der Waals surface area contributed by atoms with Gasteiger partial charge in [-0.2, -0.15) is 13.2 Å². The number of benzene rings is 2. The number of hydrogen-bond donors (Lipinski definition) is 2. The van der Waals surface area contributed by atoms with E-state index < -0.39 is 17.6 Å². The highest BCUT2D eigenvalue weighted by atomic mass is 19.4. The molecule has 0 saturated carbocycles. The normalized spacial score (nSPS) is 16.1. The van der Waals surface area contributed by atoms with Gasteiger partial charge in [-0.1, -0.05) is 6.07 Å². The average molecular weight is 485 g/mol. The zero-order chi connectivity index (χ0) is 25.3. The van der Waals surface area contributed by atoms with Crippen molar-refractivity contribution in [2.24, 2.45) is 0 Å². The lowest BCUT2D eigenvalue weighted by Gasteiger charge is -2.25. The molecule has 1 fully saturated rings. The number of rotatable bonds is 5. The number of nitrogen functional groups attached to an aromatic ring is 1. The highest BCUT2D eigenvalue weighted by Crippen LogP contribution is 2.37. The standard InChI is InChI=1S/C25H27F3N6O/c1-15-4-5-16(10-20(15)17-12-30-24(29)31-13-17)23(35)32-21-11-18(25(26,27)28)6-7-22(21)34-9-8-19(14-34)33(2)3/h4-7,10-13,19H,8-9,14H2,1-3H3,(H,32,35)(H2,29,30,31)/t19-/m1/s1. The van der Waals surface area contributed by atoms with Crippen LogP contribution in [0.3, 0.4) is 0 Å². The molecule has 2 heterocycles. The van der Waals surface area contributed by atoms with Crippen molar-refractivity contribution in [1.29, 1.82) is 0 Å². The summed E-state index contributed by atoms with van der Waals surface area (Å²) >= 11 is 0. The number of nitrogens with two attached hydrogens (primary N) is 1. The van der Waals surface area contributed by atoms with E-state index in [0.717, 1.165) is 29.7 Å². The molecule has 0 radical (unpaired) electrons. The van der Waals surface area contributed by atoms with E-state index in [1.807, 2.05) is 25.9 Å². The van der Waals surface area contributed by atoms with Gasteiger partial charge in [-0.3, -0.25) is 4.79 Å². The third-order valence-corrected chi connectivity index (χ3v) is 6.29. The molecule has 1 amide bonds. The fourth-order valence-corrected chi connectivity index (χ4v) is 4.22. The molecule has 1 aliphatic rings. The Morgan fingerprint density at radius 1 is 1.14 bits per heavy atom. The Bertz CT molecular complexity index is 1230. The minimum absolute atomic E-state index is 0.127. The van der Waals surface area contributed by atoms with E-state index in [2.05, 4.69) is 20.2 Å². The predicted molar refractivity (Wildman–Crippen MR) is 130 cm³/mol. The van der Waals surface area contributed by atoms with Crippen molar-refractivity contribution in [2.45, 2.75) is 25.6 Å². The van der Waals surface area contributed by atoms with Crippen LogP contribution in [0.1, 0.15) is 27.9 Å². The van der Waals surface area contributed by atoms with Crippen LogP contribution in [0.15, 0.2) is 48.8 Å². The predicted octanol–water partition coefficient (Wildman–Crippen LogP) is 4.45. The molecule has 2 aromatic carbocycles. The van der Waals surface area contributed by atoms with Crippen LogP contribution < -0.4 is 16.0 Å². The van der Waals surface area contributed by atoms with Gasteiger partial charge in [0.1, 0.15) is 0 Å². The Morgan fingerprint density at radius 2 is 1.86 bits per heavy atom. The number of nitrogens with one attached hydrogen (secondary N) is 1. The van der Waals surface area contributed by atoms with Crippen LogP contribution in [0, 0.1) is 6.92 Å². The van der Waals surface area contributed by atoms with Gasteiger partial charge in [0.25, 0.3) is 5.91 Å². The maximum Gasteiger partial charge on any atom is 0.416 e. The van der Waals surface area contributed by atoms with E-state index in [1.165, 1.54) is 6.07 Å². The third kappa shape index (κ3) is 5.37. The molecular formula is C25H27F3N6O. The maximum absolute atomic E-state index is 13.5. The van der Waals surface area contributed by atoms with E-state index in [4.69, 9.17) is 5.73 Å². The number of carbonyl (C=O) groups is 1. The first-order valence-electron chi connectivity index (χ1n) is 11.2. The molecule has 35 heavy (non-hydrogen) atoms. The van der Waals surface area contributed by atoms with E-state index in [9.17, 15) is 18.0 Å². The molecule has 184 valence electrons. The summed E-state index contributed by atoms with van der Waals surface area (Å²) in [6, 6.07) is 8.85.